The fourth-order valence-electron chi connectivity index (χ4n) is 2.46. The maximum absolute atomic E-state index is 12.5. The van der Waals surface area contributed by atoms with Gasteiger partial charge in [-0.2, -0.15) is 0 Å². The Labute approximate surface area is 118 Å². The highest BCUT2D eigenvalue weighted by Gasteiger charge is 2.50. The lowest BCUT2D eigenvalue weighted by Crippen LogP contribution is -2.50. The number of carbonyl (C=O) groups excluding carboxylic acids is 2. The van der Waals surface area contributed by atoms with Crippen molar-refractivity contribution in [3.8, 4) is 0 Å². The van der Waals surface area contributed by atoms with Crippen LogP contribution in [0.25, 0.3) is 0 Å². The molecule has 1 heterocycles. The number of amides is 3. The Bertz CT molecular complexity index is 489. The Hall–Kier alpha value is -1.88. The summed E-state index contributed by atoms with van der Waals surface area (Å²) >= 11 is 0. The fraction of sp³-hybridized carbons (Fsp3) is 0.467. The van der Waals surface area contributed by atoms with Crippen LogP contribution in [-0.4, -0.2) is 29.2 Å². The first-order valence-corrected chi connectivity index (χ1v) is 6.97. The van der Waals surface area contributed by atoms with E-state index in [-0.39, 0.29) is 12.5 Å². The maximum atomic E-state index is 12.5. The van der Waals surface area contributed by atoms with E-state index in [0.717, 1.165) is 24.2 Å². The normalized spacial score (nSPS) is 22.2. The molecular weight excluding hydrogens is 256 g/mol. The highest BCUT2D eigenvalue weighted by Crippen LogP contribution is 2.28. The summed E-state index contributed by atoms with van der Waals surface area (Å²) < 4.78 is 0. The summed E-state index contributed by atoms with van der Waals surface area (Å²) in [6, 6.07) is 8.31. The van der Waals surface area contributed by atoms with Crippen molar-refractivity contribution in [1.82, 2.24) is 5.32 Å². The molecule has 1 aliphatic rings. The highest BCUT2D eigenvalue weighted by molar-refractivity contribution is 6.23. The zero-order valence-electron chi connectivity index (χ0n) is 11.6. The van der Waals surface area contributed by atoms with Gasteiger partial charge in [0.2, 0.25) is 0 Å². The van der Waals surface area contributed by atoms with Crippen LogP contribution in [0.5, 0.6) is 0 Å². The number of imide groups is 1. The van der Waals surface area contributed by atoms with Crippen molar-refractivity contribution in [1.29, 1.82) is 0 Å². The van der Waals surface area contributed by atoms with Crippen LogP contribution in [0.3, 0.4) is 0 Å². The van der Waals surface area contributed by atoms with Crippen LogP contribution >= 0.6 is 0 Å². The molecule has 0 aliphatic carbocycles. The van der Waals surface area contributed by atoms with Crippen molar-refractivity contribution in [3.63, 3.8) is 0 Å². The minimum absolute atomic E-state index is 0.368. The number of hydrogen-bond donors (Lipinski definition) is 2. The van der Waals surface area contributed by atoms with E-state index in [4.69, 9.17) is 0 Å². The van der Waals surface area contributed by atoms with Crippen LogP contribution < -0.4 is 10.2 Å². The number of carbonyl (C=O) groups is 2. The summed E-state index contributed by atoms with van der Waals surface area (Å²) in [6.45, 7) is 1.70. The van der Waals surface area contributed by atoms with Crippen molar-refractivity contribution in [3.05, 3.63) is 30.3 Å². The molecular formula is C15H20N2O3. The minimum Gasteiger partial charge on any atom is -0.393 e. The van der Waals surface area contributed by atoms with Gasteiger partial charge in [0, 0.05) is 0 Å². The first-order valence-electron chi connectivity index (χ1n) is 6.97. The molecule has 2 N–H and O–H groups in total. The van der Waals surface area contributed by atoms with Crippen molar-refractivity contribution in [2.24, 2.45) is 0 Å². The minimum atomic E-state index is -1.16. The van der Waals surface area contributed by atoms with E-state index < -0.39 is 11.6 Å². The molecule has 0 spiro atoms. The molecule has 0 saturated carbocycles. The van der Waals surface area contributed by atoms with Gasteiger partial charge >= 0.3 is 6.03 Å². The van der Waals surface area contributed by atoms with Crippen molar-refractivity contribution < 1.29 is 14.7 Å². The molecule has 2 rings (SSSR count). The van der Waals surface area contributed by atoms with Crippen molar-refractivity contribution in [2.45, 2.75) is 38.1 Å². The van der Waals surface area contributed by atoms with Crippen molar-refractivity contribution in [2.75, 3.05) is 11.5 Å². The molecule has 1 aliphatic heterocycles. The summed E-state index contributed by atoms with van der Waals surface area (Å²) in [6.07, 6.45) is 3.25. The number of anilines is 1. The predicted molar refractivity (Wildman–Crippen MR) is 76.4 cm³/mol. The summed E-state index contributed by atoms with van der Waals surface area (Å²) in [5.74, 6) is -0.368. The third-order valence-corrected chi connectivity index (χ3v) is 3.65. The smallest absolute Gasteiger partial charge is 0.329 e. The van der Waals surface area contributed by atoms with Gasteiger partial charge in [-0.05, 0) is 18.6 Å². The van der Waals surface area contributed by atoms with E-state index >= 15 is 0 Å². The van der Waals surface area contributed by atoms with E-state index in [0.29, 0.717) is 12.1 Å². The Balaban J connectivity index is 2.22. The first-order chi connectivity index (χ1) is 9.64. The molecule has 1 atom stereocenters. The van der Waals surface area contributed by atoms with Gasteiger partial charge in [0.15, 0.2) is 0 Å². The van der Waals surface area contributed by atoms with E-state index in [2.05, 4.69) is 12.2 Å². The van der Waals surface area contributed by atoms with Gasteiger partial charge in [0.05, 0.1) is 12.3 Å². The second-order valence-corrected chi connectivity index (χ2v) is 5.10. The van der Waals surface area contributed by atoms with Crippen LogP contribution in [0.2, 0.25) is 0 Å². The molecule has 0 aromatic heterocycles. The monoisotopic (exact) mass is 276 g/mol. The van der Waals surface area contributed by atoms with Gasteiger partial charge in [-0.3, -0.25) is 4.79 Å². The average molecular weight is 276 g/mol. The molecule has 5 nitrogen and oxygen atoms in total. The lowest BCUT2D eigenvalue weighted by molar-refractivity contribution is -0.123. The molecule has 3 amide bonds. The molecule has 1 fully saturated rings. The van der Waals surface area contributed by atoms with E-state index in [1.807, 2.05) is 6.07 Å². The summed E-state index contributed by atoms with van der Waals surface area (Å²) in [7, 11) is 0. The number of rotatable bonds is 6. The molecule has 1 saturated heterocycles. The standard InChI is InChI=1S/C15H20N2O3/c1-2-3-7-10-15(11-18)13(19)17(14(20)16-15)12-8-5-4-6-9-12/h4-6,8-9,18H,2-3,7,10-11H2,1H3,(H,16,20). The Kier molecular flexibility index (Phi) is 4.39. The number of para-hydroxylation sites is 1. The quantitative estimate of drug-likeness (QED) is 0.617. The molecule has 5 heteroatoms. The van der Waals surface area contributed by atoms with Gasteiger partial charge in [-0.1, -0.05) is 44.4 Å². The predicted octanol–water partition coefficient (Wildman–Crippen LogP) is 2.05. The SMILES string of the molecule is CCCCCC1(CO)NC(=O)N(c2ccccc2)C1=O. The van der Waals surface area contributed by atoms with Gasteiger partial charge in [-0.15, -0.1) is 0 Å². The average Bonchev–Trinajstić information content (AvgIpc) is 2.72. The third-order valence-electron chi connectivity index (χ3n) is 3.65. The number of nitrogens with one attached hydrogen (secondary N) is 1. The van der Waals surface area contributed by atoms with E-state index in [1.165, 1.54) is 0 Å². The van der Waals surface area contributed by atoms with E-state index in [1.54, 1.807) is 24.3 Å². The van der Waals surface area contributed by atoms with Crippen LogP contribution in [0.4, 0.5) is 10.5 Å². The molecule has 0 radical (unpaired) electrons. The lowest BCUT2D eigenvalue weighted by Gasteiger charge is -2.24. The first kappa shape index (κ1) is 14.5. The maximum Gasteiger partial charge on any atom is 0.329 e. The number of aliphatic hydroxyl groups excluding tert-OH is 1. The third kappa shape index (κ3) is 2.54. The van der Waals surface area contributed by atoms with Gasteiger partial charge in [0.25, 0.3) is 5.91 Å². The Morgan fingerprint density at radius 1 is 1.20 bits per heavy atom. The highest BCUT2D eigenvalue weighted by atomic mass is 16.3. The Morgan fingerprint density at radius 3 is 2.50 bits per heavy atom. The largest absolute Gasteiger partial charge is 0.393 e. The summed E-state index contributed by atoms with van der Waals surface area (Å²) in [5.41, 5.74) is -0.636. The fourth-order valence-corrected chi connectivity index (χ4v) is 2.46. The Morgan fingerprint density at radius 2 is 1.90 bits per heavy atom. The number of aliphatic hydroxyl groups is 1. The number of benzene rings is 1. The molecule has 1 aromatic rings. The van der Waals surface area contributed by atoms with Crippen LogP contribution in [0, 0.1) is 0 Å². The van der Waals surface area contributed by atoms with Gasteiger partial charge < -0.3 is 10.4 Å². The van der Waals surface area contributed by atoms with Gasteiger partial charge in [0.1, 0.15) is 5.54 Å². The number of unbranched alkanes of at least 4 members (excludes halogenated alkanes) is 2. The van der Waals surface area contributed by atoms with Crippen molar-refractivity contribution >= 4 is 17.6 Å². The summed E-state index contributed by atoms with van der Waals surface area (Å²) in [4.78, 5) is 25.7. The molecule has 20 heavy (non-hydrogen) atoms. The van der Waals surface area contributed by atoms with E-state index in [9.17, 15) is 14.7 Å². The number of hydrogen-bond acceptors (Lipinski definition) is 3. The topological polar surface area (TPSA) is 69.6 Å². The summed E-state index contributed by atoms with van der Waals surface area (Å²) in [5, 5.41) is 12.3. The van der Waals surface area contributed by atoms with Crippen LogP contribution in [0.1, 0.15) is 32.6 Å². The second kappa shape index (κ2) is 6.05. The molecule has 108 valence electrons. The van der Waals surface area contributed by atoms with Gasteiger partial charge in [-0.25, -0.2) is 9.69 Å². The zero-order chi connectivity index (χ0) is 14.6. The molecule has 1 aromatic carbocycles. The number of urea groups is 1. The second-order valence-electron chi connectivity index (χ2n) is 5.10. The van der Waals surface area contributed by atoms with Crippen LogP contribution in [0.15, 0.2) is 30.3 Å². The lowest BCUT2D eigenvalue weighted by atomic mass is 9.93. The molecule has 1 unspecified atom stereocenters. The molecule has 0 bridgehead atoms. The number of nitrogens with zero attached hydrogens (tertiary/aromatic N) is 1. The zero-order valence-corrected chi connectivity index (χ0v) is 11.6. The van der Waals surface area contributed by atoms with Crippen LogP contribution in [-0.2, 0) is 4.79 Å².